The summed E-state index contributed by atoms with van der Waals surface area (Å²) in [5.74, 6) is -0.628. The molecule has 0 aliphatic rings. The van der Waals surface area contributed by atoms with Gasteiger partial charge in [-0.1, -0.05) is 28.1 Å². The van der Waals surface area contributed by atoms with Gasteiger partial charge in [0, 0.05) is 15.4 Å². The van der Waals surface area contributed by atoms with Crippen molar-refractivity contribution >= 4 is 39.3 Å². The molecule has 1 heterocycles. The maximum atomic E-state index is 11.6. The first-order valence-electron chi connectivity index (χ1n) is 6.14. The van der Waals surface area contributed by atoms with Gasteiger partial charge in [-0.15, -0.1) is 11.3 Å². The third-order valence-corrected chi connectivity index (χ3v) is 3.90. The number of halogens is 1. The number of thiazole rings is 1. The van der Waals surface area contributed by atoms with Gasteiger partial charge >= 0.3 is 5.97 Å². The lowest BCUT2D eigenvalue weighted by Crippen LogP contribution is -2.05. The number of benzene rings is 1. The lowest BCUT2D eigenvalue weighted by molar-refractivity contribution is -0.137. The molecule has 2 rings (SSSR count). The van der Waals surface area contributed by atoms with E-state index in [4.69, 9.17) is 10.00 Å². The molecule has 0 unspecified atom stereocenters. The highest BCUT2D eigenvalue weighted by molar-refractivity contribution is 9.10. The number of aromatic nitrogens is 1. The van der Waals surface area contributed by atoms with Gasteiger partial charge in [-0.3, -0.25) is 0 Å². The summed E-state index contributed by atoms with van der Waals surface area (Å²) in [5, 5.41) is 11.6. The monoisotopic (exact) mass is 362 g/mol. The highest BCUT2D eigenvalue weighted by atomic mass is 79.9. The third kappa shape index (κ3) is 4.00. The SMILES string of the molecule is CCOC(=O)/C(C#N)=C/c1csc(-c2cccc(Br)c2)n1. The van der Waals surface area contributed by atoms with Crippen molar-refractivity contribution in [2.24, 2.45) is 0 Å². The summed E-state index contributed by atoms with van der Waals surface area (Å²) in [7, 11) is 0. The highest BCUT2D eigenvalue weighted by Crippen LogP contribution is 2.26. The van der Waals surface area contributed by atoms with Crippen molar-refractivity contribution in [3.63, 3.8) is 0 Å². The third-order valence-electron chi connectivity index (χ3n) is 2.50. The lowest BCUT2D eigenvalue weighted by Gasteiger charge is -1.98. The molecule has 0 fully saturated rings. The highest BCUT2D eigenvalue weighted by Gasteiger charge is 2.11. The van der Waals surface area contributed by atoms with Gasteiger partial charge < -0.3 is 4.74 Å². The van der Waals surface area contributed by atoms with E-state index in [1.807, 2.05) is 30.3 Å². The standard InChI is InChI=1S/C15H11BrN2O2S/c1-2-20-15(19)11(8-17)7-13-9-21-14(18-13)10-4-3-5-12(16)6-10/h3-7,9H,2H2,1H3/b11-7+. The zero-order chi connectivity index (χ0) is 15.2. The van der Waals surface area contributed by atoms with Crippen LogP contribution in [-0.2, 0) is 9.53 Å². The maximum Gasteiger partial charge on any atom is 0.348 e. The van der Waals surface area contributed by atoms with Crippen LogP contribution in [0.2, 0.25) is 0 Å². The second kappa shape index (κ2) is 7.16. The number of ether oxygens (including phenoxy) is 1. The lowest BCUT2D eigenvalue weighted by atomic mass is 10.2. The molecule has 0 radical (unpaired) electrons. The first-order chi connectivity index (χ1) is 10.1. The molecule has 4 nitrogen and oxygen atoms in total. The molecule has 0 saturated heterocycles. The smallest absolute Gasteiger partial charge is 0.348 e. The van der Waals surface area contributed by atoms with Crippen LogP contribution in [0.3, 0.4) is 0 Å². The fourth-order valence-corrected chi connectivity index (χ4v) is 2.77. The van der Waals surface area contributed by atoms with Crippen molar-refractivity contribution in [1.29, 1.82) is 5.26 Å². The van der Waals surface area contributed by atoms with E-state index in [1.165, 1.54) is 17.4 Å². The predicted molar refractivity (Wildman–Crippen MR) is 85.5 cm³/mol. The first kappa shape index (κ1) is 15.4. The normalized spacial score (nSPS) is 11.0. The summed E-state index contributed by atoms with van der Waals surface area (Å²) in [5.41, 5.74) is 1.49. The van der Waals surface area contributed by atoms with Gasteiger partial charge in [-0.05, 0) is 25.1 Å². The van der Waals surface area contributed by atoms with E-state index in [9.17, 15) is 4.79 Å². The van der Waals surface area contributed by atoms with Crippen LogP contribution >= 0.6 is 27.3 Å². The Balaban J connectivity index is 2.28. The molecule has 1 aromatic carbocycles. The number of hydrogen-bond acceptors (Lipinski definition) is 5. The summed E-state index contributed by atoms with van der Waals surface area (Å²) in [4.78, 5) is 16.0. The van der Waals surface area contributed by atoms with Crippen LogP contribution in [-0.4, -0.2) is 17.6 Å². The number of rotatable bonds is 4. The minimum atomic E-state index is -0.628. The largest absolute Gasteiger partial charge is 0.462 e. The molecule has 0 aliphatic heterocycles. The Morgan fingerprint density at radius 1 is 1.57 bits per heavy atom. The number of hydrogen-bond donors (Lipinski definition) is 0. The van der Waals surface area contributed by atoms with Gasteiger partial charge in [-0.2, -0.15) is 5.26 Å². The summed E-state index contributed by atoms with van der Waals surface area (Å²) in [6.45, 7) is 1.93. The molecular formula is C15H11BrN2O2S. The Morgan fingerprint density at radius 3 is 3.05 bits per heavy atom. The topological polar surface area (TPSA) is 63.0 Å². The zero-order valence-corrected chi connectivity index (χ0v) is 13.6. The average Bonchev–Trinajstić information content (AvgIpc) is 2.93. The molecule has 0 saturated carbocycles. The molecule has 2 aromatic rings. The average molecular weight is 363 g/mol. The second-order valence-corrected chi connectivity index (χ2v) is 5.75. The maximum absolute atomic E-state index is 11.6. The zero-order valence-electron chi connectivity index (χ0n) is 11.2. The number of nitrogens with zero attached hydrogens (tertiary/aromatic N) is 2. The molecular weight excluding hydrogens is 352 g/mol. The van der Waals surface area contributed by atoms with Crippen LogP contribution in [0.4, 0.5) is 0 Å². The van der Waals surface area contributed by atoms with Gasteiger partial charge in [0.05, 0.1) is 12.3 Å². The molecule has 0 N–H and O–H groups in total. The Morgan fingerprint density at radius 2 is 2.38 bits per heavy atom. The van der Waals surface area contributed by atoms with E-state index < -0.39 is 5.97 Å². The molecule has 21 heavy (non-hydrogen) atoms. The van der Waals surface area contributed by atoms with Gasteiger partial charge in [0.1, 0.15) is 16.6 Å². The van der Waals surface area contributed by atoms with E-state index in [-0.39, 0.29) is 12.2 Å². The molecule has 0 atom stereocenters. The molecule has 6 heteroatoms. The minimum Gasteiger partial charge on any atom is -0.462 e. The Bertz CT molecular complexity index is 731. The van der Waals surface area contributed by atoms with Gasteiger partial charge in [0.15, 0.2) is 0 Å². The summed E-state index contributed by atoms with van der Waals surface area (Å²) in [6, 6.07) is 9.61. The van der Waals surface area contributed by atoms with Crippen LogP contribution in [0, 0.1) is 11.3 Å². The first-order valence-corrected chi connectivity index (χ1v) is 7.81. The van der Waals surface area contributed by atoms with Gasteiger partial charge in [0.2, 0.25) is 0 Å². The Kier molecular flexibility index (Phi) is 5.26. The van der Waals surface area contributed by atoms with Crippen LogP contribution in [0.1, 0.15) is 12.6 Å². The van der Waals surface area contributed by atoms with Crippen molar-refractivity contribution in [3.8, 4) is 16.6 Å². The summed E-state index contributed by atoms with van der Waals surface area (Å²) < 4.78 is 5.78. The molecule has 0 bridgehead atoms. The van der Waals surface area contributed by atoms with Crippen LogP contribution in [0.5, 0.6) is 0 Å². The van der Waals surface area contributed by atoms with E-state index >= 15 is 0 Å². The minimum absolute atomic E-state index is 0.0528. The summed E-state index contributed by atoms with van der Waals surface area (Å²) >= 11 is 4.87. The number of carbonyl (C=O) groups excluding carboxylic acids is 1. The molecule has 0 aliphatic carbocycles. The molecule has 0 amide bonds. The van der Waals surface area contributed by atoms with E-state index in [0.29, 0.717) is 5.69 Å². The fraction of sp³-hybridized carbons (Fsp3) is 0.133. The summed E-state index contributed by atoms with van der Waals surface area (Å²) in [6.07, 6.45) is 1.44. The van der Waals surface area contributed by atoms with Crippen LogP contribution in [0.25, 0.3) is 16.6 Å². The Hall–Kier alpha value is -1.97. The number of esters is 1. The molecule has 0 spiro atoms. The Labute approximate surface area is 134 Å². The second-order valence-electron chi connectivity index (χ2n) is 3.98. The van der Waals surface area contributed by atoms with Crippen molar-refractivity contribution in [2.75, 3.05) is 6.61 Å². The predicted octanol–water partition coefficient (Wildman–Crippen LogP) is 4.04. The van der Waals surface area contributed by atoms with Crippen molar-refractivity contribution in [2.45, 2.75) is 6.92 Å². The van der Waals surface area contributed by atoms with Crippen LogP contribution < -0.4 is 0 Å². The number of carbonyl (C=O) groups is 1. The molecule has 106 valence electrons. The molecule has 1 aromatic heterocycles. The van der Waals surface area contributed by atoms with E-state index in [0.717, 1.165) is 15.0 Å². The van der Waals surface area contributed by atoms with Crippen molar-refractivity contribution < 1.29 is 9.53 Å². The van der Waals surface area contributed by atoms with E-state index in [1.54, 1.807) is 12.3 Å². The van der Waals surface area contributed by atoms with Crippen molar-refractivity contribution in [1.82, 2.24) is 4.98 Å². The quantitative estimate of drug-likeness (QED) is 0.467. The number of nitriles is 1. The van der Waals surface area contributed by atoms with Crippen molar-refractivity contribution in [3.05, 3.63) is 45.4 Å². The van der Waals surface area contributed by atoms with Gasteiger partial charge in [0.25, 0.3) is 0 Å². The van der Waals surface area contributed by atoms with Gasteiger partial charge in [-0.25, -0.2) is 9.78 Å². The van der Waals surface area contributed by atoms with Crippen LogP contribution in [0.15, 0.2) is 39.7 Å². The van der Waals surface area contributed by atoms with E-state index in [2.05, 4.69) is 20.9 Å². The fourth-order valence-electron chi connectivity index (χ4n) is 1.60.